The van der Waals surface area contributed by atoms with E-state index < -0.39 is 0 Å². The fourth-order valence-electron chi connectivity index (χ4n) is 2.86. The molecule has 1 aliphatic rings. The maximum absolute atomic E-state index is 13.1. The fraction of sp³-hybridized carbons (Fsp3) is 0.238. The molecule has 0 N–H and O–H groups in total. The number of carbonyl (C=O) groups is 2. The molecule has 2 aromatic rings. The van der Waals surface area contributed by atoms with Crippen LogP contribution in [0.15, 0.2) is 54.1 Å². The summed E-state index contributed by atoms with van der Waals surface area (Å²) in [5, 5.41) is 0.578. The van der Waals surface area contributed by atoms with E-state index in [4.69, 9.17) is 21.1 Å². The lowest BCUT2D eigenvalue weighted by Gasteiger charge is -2.26. The average Bonchev–Trinajstić information content (AvgIpc) is 2.70. The van der Waals surface area contributed by atoms with Gasteiger partial charge in [0.2, 0.25) is 0 Å². The normalized spacial score (nSPS) is 12.4. The number of hydrogen-bond donors (Lipinski definition) is 0. The van der Waals surface area contributed by atoms with Gasteiger partial charge in [0.15, 0.2) is 0 Å². The van der Waals surface area contributed by atoms with Crippen molar-refractivity contribution in [3.63, 3.8) is 0 Å². The minimum atomic E-state index is -0.355. The molecule has 0 bridgehead atoms. The first-order chi connectivity index (χ1) is 13.1. The highest BCUT2D eigenvalue weighted by Crippen LogP contribution is 2.29. The molecule has 0 saturated carbocycles. The van der Waals surface area contributed by atoms with Gasteiger partial charge in [-0.2, -0.15) is 0 Å². The number of hydrogen-bond acceptors (Lipinski definition) is 4. The molecule has 140 valence electrons. The molecule has 6 heteroatoms. The van der Waals surface area contributed by atoms with E-state index in [1.54, 1.807) is 29.2 Å². The van der Waals surface area contributed by atoms with E-state index in [1.807, 2.05) is 30.3 Å². The minimum absolute atomic E-state index is 0.131. The predicted molar refractivity (Wildman–Crippen MR) is 103 cm³/mol. The number of ether oxygens (including phenoxy) is 2. The van der Waals surface area contributed by atoms with Gasteiger partial charge in [-0.15, -0.1) is 0 Å². The molecule has 0 aliphatic carbocycles. The van der Waals surface area contributed by atoms with Crippen molar-refractivity contribution in [2.75, 3.05) is 20.3 Å². The lowest BCUT2D eigenvalue weighted by molar-refractivity contribution is -0.141. The average molecular weight is 386 g/mol. The van der Waals surface area contributed by atoms with Crippen molar-refractivity contribution in [2.24, 2.45) is 0 Å². The number of esters is 1. The van der Waals surface area contributed by atoms with Gasteiger partial charge >= 0.3 is 5.97 Å². The van der Waals surface area contributed by atoms with Crippen LogP contribution in [0, 0.1) is 0 Å². The molecule has 3 rings (SSSR count). The van der Waals surface area contributed by atoms with Gasteiger partial charge < -0.3 is 14.4 Å². The summed E-state index contributed by atoms with van der Waals surface area (Å²) in [6.45, 7) is 0.841. The lowest BCUT2D eigenvalue weighted by atomic mass is 10.1. The van der Waals surface area contributed by atoms with Crippen molar-refractivity contribution in [1.82, 2.24) is 4.90 Å². The van der Waals surface area contributed by atoms with Gasteiger partial charge in [-0.3, -0.25) is 9.59 Å². The molecule has 0 radical (unpaired) electrons. The number of benzene rings is 2. The topological polar surface area (TPSA) is 55.8 Å². The molecule has 0 spiro atoms. The van der Waals surface area contributed by atoms with Gasteiger partial charge in [0.25, 0.3) is 5.91 Å². The Kier molecular flexibility index (Phi) is 6.14. The Bertz CT molecular complexity index is 864. The second-order valence-corrected chi connectivity index (χ2v) is 6.62. The van der Waals surface area contributed by atoms with Crippen molar-refractivity contribution >= 4 is 29.6 Å². The summed E-state index contributed by atoms with van der Waals surface area (Å²) in [5.74, 6) is 0.167. The molecule has 5 nitrogen and oxygen atoms in total. The van der Waals surface area contributed by atoms with Crippen LogP contribution in [0.1, 0.15) is 17.5 Å². The van der Waals surface area contributed by atoms with Gasteiger partial charge in [-0.25, -0.2) is 0 Å². The summed E-state index contributed by atoms with van der Waals surface area (Å²) >= 11 is 6.04. The summed E-state index contributed by atoms with van der Waals surface area (Å²) in [6, 6.07) is 14.9. The highest BCUT2D eigenvalue weighted by Gasteiger charge is 2.23. The standard InChI is InChI=1S/C21H20ClNO4/c1-26-20(24)9-10-23(13-15-5-3-2-4-6-15)21(25)17-11-16-12-18(22)7-8-19(16)27-14-17/h2-8,11-12H,9-10,13-14H2,1H3. The van der Waals surface area contributed by atoms with Crippen LogP contribution < -0.4 is 4.74 Å². The van der Waals surface area contributed by atoms with E-state index in [0.29, 0.717) is 22.9 Å². The molecule has 0 unspecified atom stereocenters. The highest BCUT2D eigenvalue weighted by molar-refractivity contribution is 6.30. The summed E-state index contributed by atoms with van der Waals surface area (Å²) in [7, 11) is 1.34. The monoisotopic (exact) mass is 385 g/mol. The smallest absolute Gasteiger partial charge is 0.307 e. The molecule has 1 amide bonds. The second-order valence-electron chi connectivity index (χ2n) is 6.18. The van der Waals surface area contributed by atoms with Crippen LogP contribution in [0.4, 0.5) is 0 Å². The summed E-state index contributed by atoms with van der Waals surface area (Å²) in [6.07, 6.45) is 1.93. The zero-order valence-corrected chi connectivity index (χ0v) is 15.7. The maximum atomic E-state index is 13.1. The van der Waals surface area contributed by atoms with E-state index in [1.165, 1.54) is 7.11 Å². The van der Waals surface area contributed by atoms with Gasteiger partial charge in [0.1, 0.15) is 12.4 Å². The first-order valence-corrected chi connectivity index (χ1v) is 8.97. The van der Waals surface area contributed by atoms with Gasteiger partial charge in [0, 0.05) is 23.7 Å². The first-order valence-electron chi connectivity index (χ1n) is 8.60. The Morgan fingerprint density at radius 3 is 2.70 bits per heavy atom. The van der Waals surface area contributed by atoms with Gasteiger partial charge in [0.05, 0.1) is 19.1 Å². The van der Waals surface area contributed by atoms with E-state index >= 15 is 0 Å². The maximum Gasteiger partial charge on any atom is 0.307 e. The van der Waals surface area contributed by atoms with Crippen molar-refractivity contribution < 1.29 is 19.1 Å². The Labute approximate surface area is 163 Å². The minimum Gasteiger partial charge on any atom is -0.488 e. The third-order valence-corrected chi connectivity index (χ3v) is 4.51. The number of amides is 1. The molecule has 27 heavy (non-hydrogen) atoms. The van der Waals surface area contributed by atoms with Crippen molar-refractivity contribution in [3.05, 3.63) is 70.3 Å². The Hall–Kier alpha value is -2.79. The van der Waals surface area contributed by atoms with Crippen LogP contribution >= 0.6 is 11.6 Å². The largest absolute Gasteiger partial charge is 0.488 e. The third-order valence-electron chi connectivity index (χ3n) is 4.28. The molecular weight excluding hydrogens is 366 g/mol. The Morgan fingerprint density at radius 1 is 1.19 bits per heavy atom. The SMILES string of the molecule is COC(=O)CCN(Cc1ccccc1)C(=O)C1=Cc2cc(Cl)ccc2OC1. The molecule has 0 fully saturated rings. The number of fused-ring (bicyclic) bond motifs is 1. The molecule has 0 aromatic heterocycles. The van der Waals surface area contributed by atoms with E-state index in [-0.39, 0.29) is 31.4 Å². The molecule has 1 heterocycles. The van der Waals surface area contributed by atoms with Crippen molar-refractivity contribution in [2.45, 2.75) is 13.0 Å². The third kappa shape index (κ3) is 4.89. The van der Waals surface area contributed by atoms with Crippen LogP contribution in [-0.2, 0) is 20.9 Å². The van der Waals surface area contributed by atoms with Crippen LogP contribution in [0.25, 0.3) is 6.08 Å². The van der Waals surface area contributed by atoms with Crippen molar-refractivity contribution in [1.29, 1.82) is 0 Å². The van der Waals surface area contributed by atoms with Crippen LogP contribution in [0.2, 0.25) is 5.02 Å². The van der Waals surface area contributed by atoms with E-state index in [2.05, 4.69) is 0 Å². The number of carbonyl (C=O) groups excluding carboxylic acids is 2. The molecular formula is C21H20ClNO4. The lowest BCUT2D eigenvalue weighted by Crippen LogP contribution is -2.35. The fourth-order valence-corrected chi connectivity index (χ4v) is 3.04. The highest BCUT2D eigenvalue weighted by atomic mass is 35.5. The second kappa shape index (κ2) is 8.73. The summed E-state index contributed by atoms with van der Waals surface area (Å²) in [5.41, 5.74) is 2.27. The number of rotatable bonds is 6. The van der Waals surface area contributed by atoms with Crippen molar-refractivity contribution in [3.8, 4) is 5.75 Å². The molecule has 2 aromatic carbocycles. The van der Waals surface area contributed by atoms with E-state index in [9.17, 15) is 9.59 Å². The Morgan fingerprint density at radius 2 is 1.96 bits per heavy atom. The van der Waals surface area contributed by atoms with E-state index in [0.717, 1.165) is 11.1 Å². The van der Waals surface area contributed by atoms with Crippen LogP contribution in [-0.4, -0.2) is 37.0 Å². The molecule has 0 saturated heterocycles. The summed E-state index contributed by atoms with van der Waals surface area (Å²) < 4.78 is 10.4. The molecule has 1 aliphatic heterocycles. The number of methoxy groups -OCH3 is 1. The predicted octanol–water partition coefficient (Wildman–Crippen LogP) is 3.71. The quantitative estimate of drug-likeness (QED) is 0.711. The zero-order chi connectivity index (χ0) is 19.2. The zero-order valence-electron chi connectivity index (χ0n) is 15.0. The van der Waals surface area contributed by atoms with Gasteiger partial charge in [-0.1, -0.05) is 41.9 Å². The number of halogens is 1. The Balaban J connectivity index is 1.82. The first kappa shape index (κ1) is 19.0. The number of nitrogens with zero attached hydrogens (tertiary/aromatic N) is 1. The van der Waals surface area contributed by atoms with Gasteiger partial charge in [-0.05, 0) is 29.8 Å². The molecule has 0 atom stereocenters. The van der Waals surface area contributed by atoms with Crippen LogP contribution in [0.5, 0.6) is 5.75 Å². The van der Waals surface area contributed by atoms with Crippen LogP contribution in [0.3, 0.4) is 0 Å². The summed E-state index contributed by atoms with van der Waals surface area (Å²) in [4.78, 5) is 26.3.